The van der Waals surface area contributed by atoms with Crippen LogP contribution in [0.3, 0.4) is 0 Å². The van der Waals surface area contributed by atoms with Crippen molar-refractivity contribution in [3.63, 3.8) is 0 Å². The average molecular weight is 313 g/mol. The van der Waals surface area contributed by atoms with Gasteiger partial charge in [-0.1, -0.05) is 26.7 Å². The third-order valence-corrected chi connectivity index (χ3v) is 2.43. The van der Waals surface area contributed by atoms with Crippen molar-refractivity contribution in [1.82, 2.24) is 5.32 Å². The van der Waals surface area contributed by atoms with E-state index in [4.69, 9.17) is 0 Å². The van der Waals surface area contributed by atoms with Crippen molar-refractivity contribution in [2.75, 3.05) is 0 Å². The molecule has 0 fully saturated rings. The van der Waals surface area contributed by atoms with Gasteiger partial charge in [0.2, 0.25) is 0 Å². The molecule has 0 heterocycles. The van der Waals surface area contributed by atoms with Crippen LogP contribution in [0.5, 0.6) is 0 Å². The maximum atomic E-state index is 3.73. The van der Waals surface area contributed by atoms with Gasteiger partial charge in [-0.05, 0) is 40.5 Å². The van der Waals surface area contributed by atoms with Gasteiger partial charge in [-0.2, -0.15) is 0 Å². The van der Waals surface area contributed by atoms with Crippen molar-refractivity contribution in [2.45, 2.75) is 78.3 Å². The minimum atomic E-state index is 0. The second-order valence-electron chi connectivity index (χ2n) is 5.39. The van der Waals surface area contributed by atoms with Crippen molar-refractivity contribution < 1.29 is 0 Å². The van der Waals surface area contributed by atoms with E-state index in [1.807, 2.05) is 0 Å². The van der Waals surface area contributed by atoms with Gasteiger partial charge in [-0.25, -0.2) is 0 Å². The summed E-state index contributed by atoms with van der Waals surface area (Å²) in [4.78, 5) is 0. The Balaban J connectivity index is 0. The topological polar surface area (TPSA) is 12.0 Å². The predicted octanol–water partition coefficient (Wildman–Crippen LogP) is 4.35. The van der Waals surface area contributed by atoms with Gasteiger partial charge in [0, 0.05) is 11.1 Å². The predicted molar refractivity (Wildman–Crippen MR) is 76.5 cm³/mol. The lowest BCUT2D eigenvalue weighted by Gasteiger charge is -2.37. The van der Waals surface area contributed by atoms with Gasteiger partial charge in [0.25, 0.3) is 0 Å². The number of rotatable bonds is 6. The minimum absolute atomic E-state index is 0. The van der Waals surface area contributed by atoms with Crippen molar-refractivity contribution in [2.24, 2.45) is 0 Å². The van der Waals surface area contributed by atoms with Crippen LogP contribution in [0.2, 0.25) is 0 Å². The number of halogens is 1. The van der Waals surface area contributed by atoms with Crippen LogP contribution in [0, 0.1) is 0 Å². The Morgan fingerprint density at radius 3 is 1.29 bits per heavy atom. The normalized spacial score (nSPS) is 12.4. The van der Waals surface area contributed by atoms with Crippen LogP contribution in [-0.2, 0) is 0 Å². The Morgan fingerprint density at radius 2 is 1.07 bits per heavy atom. The van der Waals surface area contributed by atoms with Gasteiger partial charge in [0.1, 0.15) is 0 Å². The van der Waals surface area contributed by atoms with Crippen LogP contribution >= 0.6 is 24.0 Å². The summed E-state index contributed by atoms with van der Waals surface area (Å²) in [6, 6.07) is 0. The van der Waals surface area contributed by atoms with Crippen LogP contribution in [0.4, 0.5) is 0 Å². The second-order valence-corrected chi connectivity index (χ2v) is 5.39. The van der Waals surface area contributed by atoms with Crippen LogP contribution in [0.1, 0.15) is 67.2 Å². The molecule has 0 spiro atoms. The molecular formula is C12H28IN. The standard InChI is InChI=1S/C12H27N.HI/c1-7-9-11(3,4)13-12(5,6)10-8-2;/h13H,7-10H2,1-6H3;1H. The molecule has 1 N–H and O–H groups in total. The van der Waals surface area contributed by atoms with Gasteiger partial charge in [-0.3, -0.25) is 0 Å². The quantitative estimate of drug-likeness (QED) is 0.719. The molecule has 0 amide bonds. The molecule has 0 atom stereocenters. The fraction of sp³-hybridized carbons (Fsp3) is 1.00. The first-order chi connectivity index (χ1) is 5.83. The van der Waals surface area contributed by atoms with Crippen molar-refractivity contribution >= 4 is 24.0 Å². The zero-order valence-electron chi connectivity index (χ0n) is 10.7. The van der Waals surface area contributed by atoms with E-state index in [1.165, 1.54) is 25.7 Å². The molecule has 0 unspecified atom stereocenters. The summed E-state index contributed by atoms with van der Waals surface area (Å²) < 4.78 is 0. The molecule has 88 valence electrons. The summed E-state index contributed by atoms with van der Waals surface area (Å²) >= 11 is 0. The zero-order chi connectivity index (χ0) is 10.5. The minimum Gasteiger partial charge on any atom is -0.307 e. The van der Waals surface area contributed by atoms with E-state index in [0.717, 1.165) is 0 Å². The van der Waals surface area contributed by atoms with Crippen LogP contribution in [-0.4, -0.2) is 11.1 Å². The van der Waals surface area contributed by atoms with E-state index < -0.39 is 0 Å². The monoisotopic (exact) mass is 313 g/mol. The molecule has 0 aromatic carbocycles. The summed E-state index contributed by atoms with van der Waals surface area (Å²) in [5, 5.41) is 3.73. The first-order valence-corrected chi connectivity index (χ1v) is 5.62. The second kappa shape index (κ2) is 7.04. The molecule has 0 rings (SSSR count). The third-order valence-electron chi connectivity index (χ3n) is 2.43. The first kappa shape index (κ1) is 17.1. The summed E-state index contributed by atoms with van der Waals surface area (Å²) in [5.74, 6) is 0. The average Bonchev–Trinajstić information content (AvgIpc) is 1.82. The highest BCUT2D eigenvalue weighted by Gasteiger charge is 2.25. The highest BCUT2D eigenvalue weighted by molar-refractivity contribution is 14.0. The highest BCUT2D eigenvalue weighted by atomic mass is 127. The van der Waals surface area contributed by atoms with Crippen LogP contribution < -0.4 is 5.32 Å². The van der Waals surface area contributed by atoms with Crippen molar-refractivity contribution in [3.05, 3.63) is 0 Å². The lowest BCUT2D eigenvalue weighted by Crippen LogP contribution is -2.51. The van der Waals surface area contributed by atoms with Gasteiger partial charge in [0.15, 0.2) is 0 Å². The first-order valence-electron chi connectivity index (χ1n) is 5.62. The van der Waals surface area contributed by atoms with Crippen molar-refractivity contribution in [3.8, 4) is 0 Å². The van der Waals surface area contributed by atoms with Crippen LogP contribution in [0.25, 0.3) is 0 Å². The van der Waals surface area contributed by atoms with Crippen molar-refractivity contribution in [1.29, 1.82) is 0 Å². The molecule has 0 bridgehead atoms. The van der Waals surface area contributed by atoms with E-state index in [-0.39, 0.29) is 35.1 Å². The maximum Gasteiger partial charge on any atom is 0.0130 e. The molecule has 0 saturated carbocycles. The third kappa shape index (κ3) is 8.04. The maximum absolute atomic E-state index is 3.73. The molecule has 0 aliphatic carbocycles. The van der Waals surface area contributed by atoms with Gasteiger partial charge >= 0.3 is 0 Å². The summed E-state index contributed by atoms with van der Waals surface area (Å²) in [7, 11) is 0. The smallest absolute Gasteiger partial charge is 0.0130 e. The summed E-state index contributed by atoms with van der Waals surface area (Å²) in [6.45, 7) is 13.7. The molecule has 0 radical (unpaired) electrons. The Hall–Kier alpha value is 0.690. The Kier molecular flexibility index (Phi) is 8.60. The van der Waals surface area contributed by atoms with E-state index in [9.17, 15) is 0 Å². The molecule has 0 saturated heterocycles. The Bertz CT molecular complexity index is 125. The lowest BCUT2D eigenvalue weighted by molar-refractivity contribution is 0.237. The zero-order valence-corrected chi connectivity index (χ0v) is 13.1. The van der Waals surface area contributed by atoms with E-state index in [0.29, 0.717) is 0 Å². The highest BCUT2D eigenvalue weighted by Crippen LogP contribution is 2.19. The largest absolute Gasteiger partial charge is 0.307 e. The fourth-order valence-corrected chi connectivity index (χ4v) is 2.29. The summed E-state index contributed by atoms with van der Waals surface area (Å²) in [6.07, 6.45) is 5.00. The Morgan fingerprint density at radius 1 is 0.786 bits per heavy atom. The molecule has 1 nitrogen and oxygen atoms in total. The number of hydrogen-bond acceptors (Lipinski definition) is 1. The lowest BCUT2D eigenvalue weighted by atomic mass is 9.91. The molecule has 0 aromatic heterocycles. The molecule has 2 heteroatoms. The van der Waals surface area contributed by atoms with E-state index >= 15 is 0 Å². The molecule has 0 aliphatic rings. The van der Waals surface area contributed by atoms with Crippen LogP contribution in [0.15, 0.2) is 0 Å². The van der Waals surface area contributed by atoms with E-state index in [1.54, 1.807) is 0 Å². The van der Waals surface area contributed by atoms with Gasteiger partial charge in [-0.15, -0.1) is 24.0 Å². The molecule has 14 heavy (non-hydrogen) atoms. The van der Waals surface area contributed by atoms with E-state index in [2.05, 4.69) is 46.9 Å². The summed E-state index contributed by atoms with van der Waals surface area (Å²) in [5.41, 5.74) is 0.570. The van der Waals surface area contributed by atoms with Gasteiger partial charge in [0.05, 0.1) is 0 Å². The molecule has 0 aromatic rings. The SMILES string of the molecule is CCCC(C)(C)NC(C)(C)CCC.I. The Labute approximate surface area is 107 Å². The number of nitrogens with one attached hydrogen (secondary N) is 1. The molecule has 0 aliphatic heterocycles. The number of hydrogen-bond donors (Lipinski definition) is 1. The fourth-order valence-electron chi connectivity index (χ4n) is 2.29. The molecular weight excluding hydrogens is 285 g/mol. The van der Waals surface area contributed by atoms with Gasteiger partial charge < -0.3 is 5.32 Å².